The molecule has 2 heterocycles. The number of carbonyl (C=O) groups excluding carboxylic acids is 1. The number of carbonyl (C=O) groups is 1. The number of aryl methyl sites for hydroxylation is 2. The minimum absolute atomic E-state index is 0.0147. The molecule has 1 fully saturated rings. The number of furan rings is 1. The highest BCUT2D eigenvalue weighted by Crippen LogP contribution is 2.22. The zero-order valence-electron chi connectivity index (χ0n) is 12.3. The van der Waals surface area contributed by atoms with Crippen LogP contribution in [-0.4, -0.2) is 23.5 Å². The van der Waals surface area contributed by atoms with E-state index in [0.717, 1.165) is 36.5 Å². The van der Waals surface area contributed by atoms with Gasteiger partial charge in [-0.2, -0.15) is 0 Å². The fraction of sp³-hybridized carbons (Fsp3) is 0.667. The van der Waals surface area contributed by atoms with Crippen molar-refractivity contribution in [2.24, 2.45) is 0 Å². The third kappa shape index (κ3) is 3.11. The minimum Gasteiger partial charge on any atom is -0.466 e. The predicted molar refractivity (Wildman–Crippen MR) is 75.1 cm³/mol. The number of hydrogen-bond donors (Lipinski definition) is 1. The number of likely N-dealkylation sites (tertiary alicyclic amines) is 1. The molecule has 4 heteroatoms. The van der Waals surface area contributed by atoms with Gasteiger partial charge in [0.1, 0.15) is 11.5 Å². The molecule has 1 aliphatic rings. The molecular formula is C15H24N2O2. The summed E-state index contributed by atoms with van der Waals surface area (Å²) in [5, 5.41) is 3.08. The molecule has 1 aliphatic heterocycles. The van der Waals surface area contributed by atoms with Crippen LogP contribution in [0.1, 0.15) is 56.2 Å². The number of nitrogens with zero attached hydrogens (tertiary/aromatic N) is 1. The molecule has 2 unspecified atom stereocenters. The Hall–Kier alpha value is -1.45. The highest BCUT2D eigenvalue weighted by molar-refractivity contribution is 5.75. The maximum Gasteiger partial charge on any atom is 0.318 e. The van der Waals surface area contributed by atoms with E-state index >= 15 is 0 Å². The molecule has 106 valence electrons. The van der Waals surface area contributed by atoms with E-state index in [-0.39, 0.29) is 12.1 Å². The van der Waals surface area contributed by atoms with Crippen LogP contribution in [-0.2, 0) is 0 Å². The first kappa shape index (κ1) is 14.0. The largest absolute Gasteiger partial charge is 0.466 e. The Morgan fingerprint density at radius 1 is 1.47 bits per heavy atom. The van der Waals surface area contributed by atoms with E-state index in [0.29, 0.717) is 6.04 Å². The molecule has 2 amide bonds. The van der Waals surface area contributed by atoms with Crippen molar-refractivity contribution in [2.75, 3.05) is 6.54 Å². The third-order valence-electron chi connectivity index (χ3n) is 3.95. The van der Waals surface area contributed by atoms with E-state index in [1.807, 2.05) is 31.7 Å². The van der Waals surface area contributed by atoms with Gasteiger partial charge in [-0.15, -0.1) is 0 Å². The Morgan fingerprint density at radius 3 is 2.79 bits per heavy atom. The maximum absolute atomic E-state index is 12.3. The van der Waals surface area contributed by atoms with Crippen molar-refractivity contribution in [3.05, 3.63) is 23.2 Å². The molecule has 0 aromatic carbocycles. The molecule has 1 saturated heterocycles. The summed E-state index contributed by atoms with van der Waals surface area (Å²) in [5.74, 6) is 1.77. The van der Waals surface area contributed by atoms with Gasteiger partial charge in [-0.25, -0.2) is 4.79 Å². The second kappa shape index (κ2) is 5.68. The summed E-state index contributed by atoms with van der Waals surface area (Å²) in [7, 11) is 0. The highest BCUT2D eigenvalue weighted by atomic mass is 16.3. The van der Waals surface area contributed by atoms with Crippen LogP contribution >= 0.6 is 0 Å². The smallest absolute Gasteiger partial charge is 0.318 e. The lowest BCUT2D eigenvalue weighted by molar-refractivity contribution is 0.155. The zero-order valence-corrected chi connectivity index (χ0v) is 12.3. The third-order valence-corrected chi connectivity index (χ3v) is 3.95. The van der Waals surface area contributed by atoms with Crippen LogP contribution < -0.4 is 5.32 Å². The van der Waals surface area contributed by atoms with Crippen LogP contribution in [0.25, 0.3) is 0 Å². The van der Waals surface area contributed by atoms with Crippen molar-refractivity contribution in [1.82, 2.24) is 10.2 Å². The zero-order chi connectivity index (χ0) is 14.0. The molecule has 0 radical (unpaired) electrons. The van der Waals surface area contributed by atoms with E-state index in [4.69, 9.17) is 4.42 Å². The van der Waals surface area contributed by atoms with Crippen LogP contribution in [0, 0.1) is 13.8 Å². The molecule has 0 aliphatic carbocycles. The first-order valence-electron chi connectivity index (χ1n) is 7.13. The second-order valence-electron chi connectivity index (χ2n) is 5.58. The van der Waals surface area contributed by atoms with Crippen LogP contribution in [0.2, 0.25) is 0 Å². The molecule has 1 N–H and O–H groups in total. The van der Waals surface area contributed by atoms with E-state index in [9.17, 15) is 4.79 Å². The molecule has 4 nitrogen and oxygen atoms in total. The number of urea groups is 1. The highest BCUT2D eigenvalue weighted by Gasteiger charge is 2.25. The van der Waals surface area contributed by atoms with Gasteiger partial charge in [0, 0.05) is 18.2 Å². The van der Waals surface area contributed by atoms with Gasteiger partial charge < -0.3 is 14.6 Å². The number of amides is 2. The Morgan fingerprint density at radius 2 is 2.21 bits per heavy atom. The van der Waals surface area contributed by atoms with Gasteiger partial charge in [0.2, 0.25) is 0 Å². The van der Waals surface area contributed by atoms with Gasteiger partial charge in [-0.1, -0.05) is 0 Å². The first-order chi connectivity index (χ1) is 8.99. The van der Waals surface area contributed by atoms with Crippen LogP contribution in [0.4, 0.5) is 4.79 Å². The van der Waals surface area contributed by atoms with E-state index in [2.05, 4.69) is 12.2 Å². The molecule has 1 aromatic rings. The molecular weight excluding hydrogens is 240 g/mol. The van der Waals surface area contributed by atoms with Crippen LogP contribution in [0.5, 0.6) is 0 Å². The Bertz CT molecular complexity index is 453. The van der Waals surface area contributed by atoms with Gasteiger partial charge in [-0.05, 0) is 53.0 Å². The monoisotopic (exact) mass is 264 g/mol. The topological polar surface area (TPSA) is 45.5 Å². The molecule has 0 saturated carbocycles. The molecule has 0 spiro atoms. The lowest BCUT2D eigenvalue weighted by Gasteiger charge is -2.34. The van der Waals surface area contributed by atoms with Crippen molar-refractivity contribution in [3.63, 3.8) is 0 Å². The van der Waals surface area contributed by atoms with Crippen molar-refractivity contribution >= 4 is 6.03 Å². The van der Waals surface area contributed by atoms with Gasteiger partial charge in [0.25, 0.3) is 0 Å². The summed E-state index contributed by atoms with van der Waals surface area (Å²) in [6.45, 7) is 8.86. The molecule has 0 bridgehead atoms. The summed E-state index contributed by atoms with van der Waals surface area (Å²) in [6.07, 6.45) is 3.43. The average molecular weight is 264 g/mol. The van der Waals surface area contributed by atoms with Gasteiger partial charge in [0.15, 0.2) is 0 Å². The minimum atomic E-state index is -0.0147. The van der Waals surface area contributed by atoms with Gasteiger partial charge in [0.05, 0.1) is 6.04 Å². The van der Waals surface area contributed by atoms with Crippen molar-refractivity contribution in [2.45, 2.75) is 59.0 Å². The SMILES string of the molecule is Cc1cc(C(C)NC(=O)N2CCCCC2C)c(C)o1. The van der Waals surface area contributed by atoms with Crippen LogP contribution in [0.3, 0.4) is 0 Å². The Balaban J connectivity index is 2.00. The molecule has 2 rings (SSSR count). The van der Waals surface area contributed by atoms with E-state index in [1.54, 1.807) is 0 Å². The summed E-state index contributed by atoms with van der Waals surface area (Å²) in [4.78, 5) is 14.2. The number of hydrogen-bond acceptors (Lipinski definition) is 2. The standard InChI is InChI=1S/C15H24N2O2/c1-10-7-5-6-8-17(10)15(18)16-12(3)14-9-11(2)19-13(14)4/h9-10,12H,5-8H2,1-4H3,(H,16,18). The lowest BCUT2D eigenvalue weighted by Crippen LogP contribution is -2.48. The van der Waals surface area contributed by atoms with Crippen molar-refractivity contribution in [3.8, 4) is 0 Å². The number of piperidine rings is 1. The molecule has 19 heavy (non-hydrogen) atoms. The summed E-state index contributed by atoms with van der Waals surface area (Å²) in [6, 6.07) is 2.37. The fourth-order valence-corrected chi connectivity index (χ4v) is 2.83. The average Bonchev–Trinajstić information content (AvgIpc) is 2.69. The maximum atomic E-state index is 12.3. The van der Waals surface area contributed by atoms with E-state index < -0.39 is 0 Å². The van der Waals surface area contributed by atoms with E-state index in [1.165, 1.54) is 6.42 Å². The normalized spacial score (nSPS) is 21.3. The Kier molecular flexibility index (Phi) is 4.17. The first-order valence-corrected chi connectivity index (χ1v) is 7.13. The fourth-order valence-electron chi connectivity index (χ4n) is 2.83. The quantitative estimate of drug-likeness (QED) is 0.888. The van der Waals surface area contributed by atoms with Gasteiger partial charge in [-0.3, -0.25) is 0 Å². The number of rotatable bonds is 2. The van der Waals surface area contributed by atoms with Crippen molar-refractivity contribution in [1.29, 1.82) is 0 Å². The summed E-state index contributed by atoms with van der Waals surface area (Å²) in [5.41, 5.74) is 1.07. The lowest BCUT2D eigenvalue weighted by atomic mass is 10.0. The van der Waals surface area contributed by atoms with Crippen LogP contribution in [0.15, 0.2) is 10.5 Å². The summed E-state index contributed by atoms with van der Waals surface area (Å²) < 4.78 is 5.52. The molecule has 1 aromatic heterocycles. The Labute approximate surface area is 115 Å². The summed E-state index contributed by atoms with van der Waals surface area (Å²) >= 11 is 0. The van der Waals surface area contributed by atoms with Gasteiger partial charge >= 0.3 is 6.03 Å². The molecule has 2 atom stereocenters. The second-order valence-corrected chi connectivity index (χ2v) is 5.58. The predicted octanol–water partition coefficient (Wildman–Crippen LogP) is 3.54. The number of nitrogens with one attached hydrogen (secondary N) is 1. The van der Waals surface area contributed by atoms with Crippen molar-refractivity contribution < 1.29 is 9.21 Å².